The van der Waals surface area contributed by atoms with Gasteiger partial charge in [0.05, 0.1) is 18.3 Å². The molecule has 3 atom stereocenters. The van der Waals surface area contributed by atoms with Crippen molar-refractivity contribution in [3.63, 3.8) is 0 Å². The lowest BCUT2D eigenvalue weighted by molar-refractivity contribution is -0.151. The van der Waals surface area contributed by atoms with Gasteiger partial charge in [-0.2, -0.15) is 13.2 Å². The summed E-state index contributed by atoms with van der Waals surface area (Å²) in [7, 11) is 0. The number of hydrogen-bond donors (Lipinski definition) is 3. The summed E-state index contributed by atoms with van der Waals surface area (Å²) in [6.45, 7) is 6.60. The average Bonchev–Trinajstić information content (AvgIpc) is 3.19. The Labute approximate surface area is 229 Å². The molecule has 1 aliphatic heterocycles. The van der Waals surface area contributed by atoms with Gasteiger partial charge in [0.15, 0.2) is 11.9 Å². The molecular weight excluding hydrogens is 533 g/mol. The molecule has 3 N–H and O–H groups in total. The number of carbonyl (C=O) groups excluding carboxylic acids is 3. The molecule has 0 aromatic heterocycles. The zero-order valence-electron chi connectivity index (χ0n) is 22.2. The van der Waals surface area contributed by atoms with Crippen LogP contribution in [0.15, 0.2) is 42.5 Å². The Bertz CT molecular complexity index is 1220. The van der Waals surface area contributed by atoms with E-state index in [1.54, 1.807) is 64.1 Å². The number of Topliss-reactive ketones (excluding diaryl/α,β-unsaturated/α-hetero) is 1. The molecule has 2 aromatic carbocycles. The summed E-state index contributed by atoms with van der Waals surface area (Å²) in [6, 6.07) is 9.64. The second-order valence-corrected chi connectivity index (χ2v) is 11.9. The largest absolute Gasteiger partial charge is 0.507 e. The number of aryl methyl sites for hydroxylation is 1. The van der Waals surface area contributed by atoms with Crippen LogP contribution in [-0.2, 0) is 16.0 Å². The second kappa shape index (κ2) is 12.0. The predicted molar refractivity (Wildman–Crippen MR) is 142 cm³/mol. The van der Waals surface area contributed by atoms with E-state index in [9.17, 15) is 37.8 Å². The zero-order valence-corrected chi connectivity index (χ0v) is 23.0. The van der Waals surface area contributed by atoms with Gasteiger partial charge in [-0.05, 0) is 51.3 Å². The summed E-state index contributed by atoms with van der Waals surface area (Å²) in [5.74, 6) is -2.26. The van der Waals surface area contributed by atoms with E-state index in [0.29, 0.717) is 16.7 Å². The summed E-state index contributed by atoms with van der Waals surface area (Å²) in [5.41, 5.74) is 1.79. The molecule has 0 bridgehead atoms. The Hall–Kier alpha value is -3.05. The molecule has 2 aromatic rings. The summed E-state index contributed by atoms with van der Waals surface area (Å²) in [6.07, 6.45) is -8.33. The van der Waals surface area contributed by atoms with E-state index in [-0.39, 0.29) is 23.6 Å². The van der Waals surface area contributed by atoms with Crippen molar-refractivity contribution >= 4 is 29.4 Å². The van der Waals surface area contributed by atoms with Crippen LogP contribution in [-0.4, -0.2) is 67.7 Å². The van der Waals surface area contributed by atoms with E-state index in [1.165, 1.54) is 17.8 Å². The van der Waals surface area contributed by atoms with Crippen LogP contribution in [0.3, 0.4) is 0 Å². The van der Waals surface area contributed by atoms with Crippen molar-refractivity contribution in [1.29, 1.82) is 0 Å². The topological polar surface area (TPSA) is 107 Å². The van der Waals surface area contributed by atoms with Gasteiger partial charge in [0.1, 0.15) is 11.8 Å². The quantitative estimate of drug-likeness (QED) is 0.418. The summed E-state index contributed by atoms with van der Waals surface area (Å²) >= 11 is 1.23. The molecule has 0 radical (unpaired) electrons. The highest BCUT2D eigenvalue weighted by molar-refractivity contribution is 8.00. The molecule has 1 aliphatic rings. The molecule has 0 saturated carbocycles. The average molecular weight is 567 g/mol. The predicted octanol–water partition coefficient (Wildman–Crippen LogP) is 4.30. The van der Waals surface area contributed by atoms with Crippen molar-refractivity contribution in [2.75, 3.05) is 5.88 Å². The van der Waals surface area contributed by atoms with E-state index < -0.39 is 59.6 Å². The van der Waals surface area contributed by atoms with Gasteiger partial charge >= 0.3 is 6.18 Å². The van der Waals surface area contributed by atoms with Crippen molar-refractivity contribution in [3.8, 4) is 5.75 Å². The fourth-order valence-electron chi connectivity index (χ4n) is 4.70. The van der Waals surface area contributed by atoms with Crippen LogP contribution >= 0.6 is 11.8 Å². The highest BCUT2D eigenvalue weighted by atomic mass is 32.2. The van der Waals surface area contributed by atoms with E-state index in [0.717, 1.165) is 4.90 Å². The highest BCUT2D eigenvalue weighted by Gasteiger charge is 2.49. The number of phenols is 1. The van der Waals surface area contributed by atoms with Gasteiger partial charge in [-0.3, -0.25) is 14.4 Å². The van der Waals surface area contributed by atoms with E-state index in [1.807, 2.05) is 0 Å². The van der Waals surface area contributed by atoms with Gasteiger partial charge in [-0.25, -0.2) is 0 Å². The Balaban J connectivity index is 1.88. The number of rotatable bonds is 9. The molecule has 39 heavy (non-hydrogen) atoms. The van der Waals surface area contributed by atoms with Crippen LogP contribution in [0.25, 0.3) is 0 Å². The fraction of sp³-hybridized carbons (Fsp3) is 0.464. The van der Waals surface area contributed by atoms with Crippen molar-refractivity contribution < 1.29 is 37.8 Å². The molecule has 0 aliphatic carbocycles. The number of alkyl halides is 3. The third-order valence-corrected chi connectivity index (χ3v) is 8.29. The van der Waals surface area contributed by atoms with Gasteiger partial charge in [0, 0.05) is 22.3 Å². The fourth-order valence-corrected chi connectivity index (χ4v) is 5.86. The number of nitrogens with zero attached hydrogens (tertiary/aromatic N) is 1. The van der Waals surface area contributed by atoms with Crippen LogP contribution in [0.1, 0.15) is 53.7 Å². The number of aromatic hydroxyl groups is 1. The van der Waals surface area contributed by atoms with Crippen molar-refractivity contribution in [1.82, 2.24) is 10.2 Å². The first kappa shape index (κ1) is 30.5. The monoisotopic (exact) mass is 566 g/mol. The Morgan fingerprint density at radius 3 is 2.38 bits per heavy atom. The molecule has 2 amide bonds. The third-order valence-electron chi connectivity index (χ3n) is 6.92. The maximum absolute atomic E-state index is 13.6. The number of hydrogen-bond acceptors (Lipinski definition) is 6. The highest BCUT2D eigenvalue weighted by Crippen LogP contribution is 2.41. The standard InChI is InChI=1S/C28H33F3N2O5S/c1-16-10-11-19(17(2)22(16)35)25(37)32-20(14-18-8-6-5-7-9-18)23(36)26(38)33-15-39-27(3,4)24(33)21(34)12-13-28(29,30)31/h5-11,20,23-24,35-36H,12-15H2,1-4H3,(H,32,37). The number of ketones is 1. The molecule has 3 rings (SSSR count). The minimum absolute atomic E-state index is 0.00225. The number of phenolic OH excluding ortho intramolecular Hbond substituents is 1. The van der Waals surface area contributed by atoms with Crippen molar-refractivity contribution in [3.05, 3.63) is 64.7 Å². The number of benzene rings is 2. The number of halogens is 3. The van der Waals surface area contributed by atoms with Crippen LogP contribution in [0.2, 0.25) is 0 Å². The SMILES string of the molecule is Cc1ccc(C(=O)NC(Cc2ccccc2)C(O)C(=O)N2CSC(C)(C)C2C(=O)CCC(F)(F)F)c(C)c1O. The van der Waals surface area contributed by atoms with E-state index in [2.05, 4.69) is 5.32 Å². The van der Waals surface area contributed by atoms with Crippen LogP contribution in [0.4, 0.5) is 13.2 Å². The van der Waals surface area contributed by atoms with Crippen LogP contribution in [0, 0.1) is 13.8 Å². The molecule has 1 saturated heterocycles. The molecule has 7 nitrogen and oxygen atoms in total. The number of nitrogens with one attached hydrogen (secondary N) is 1. The van der Waals surface area contributed by atoms with Crippen LogP contribution in [0.5, 0.6) is 5.75 Å². The van der Waals surface area contributed by atoms with E-state index in [4.69, 9.17) is 0 Å². The summed E-state index contributed by atoms with van der Waals surface area (Å²) in [5, 5.41) is 24.2. The molecule has 3 unspecified atom stereocenters. The van der Waals surface area contributed by atoms with Crippen molar-refractivity contribution in [2.24, 2.45) is 0 Å². The first-order valence-electron chi connectivity index (χ1n) is 12.5. The summed E-state index contributed by atoms with van der Waals surface area (Å²) in [4.78, 5) is 40.8. The Morgan fingerprint density at radius 2 is 1.77 bits per heavy atom. The number of aliphatic hydroxyl groups is 1. The maximum atomic E-state index is 13.6. The van der Waals surface area contributed by atoms with Gasteiger partial charge in [-0.1, -0.05) is 36.4 Å². The number of thioether (sulfide) groups is 1. The molecule has 212 valence electrons. The first-order valence-corrected chi connectivity index (χ1v) is 13.5. The molecule has 1 heterocycles. The van der Waals surface area contributed by atoms with E-state index >= 15 is 0 Å². The Morgan fingerprint density at radius 1 is 1.13 bits per heavy atom. The maximum Gasteiger partial charge on any atom is 0.389 e. The minimum atomic E-state index is -4.52. The minimum Gasteiger partial charge on any atom is -0.507 e. The lowest BCUT2D eigenvalue weighted by Crippen LogP contribution is -2.57. The van der Waals surface area contributed by atoms with Gasteiger partial charge in [-0.15, -0.1) is 11.8 Å². The smallest absolute Gasteiger partial charge is 0.389 e. The lowest BCUT2D eigenvalue weighted by atomic mass is 9.93. The molecular formula is C28H33F3N2O5S. The molecule has 11 heteroatoms. The van der Waals surface area contributed by atoms with Gasteiger partial charge < -0.3 is 20.4 Å². The second-order valence-electron chi connectivity index (χ2n) is 10.3. The van der Waals surface area contributed by atoms with Gasteiger partial charge in [0.2, 0.25) is 0 Å². The summed E-state index contributed by atoms with van der Waals surface area (Å²) < 4.78 is 37.5. The van der Waals surface area contributed by atoms with Crippen molar-refractivity contribution in [2.45, 2.75) is 76.1 Å². The van der Waals surface area contributed by atoms with Crippen LogP contribution < -0.4 is 5.32 Å². The number of carbonyl (C=O) groups is 3. The number of aliphatic hydroxyl groups excluding tert-OH is 1. The number of amides is 2. The van der Waals surface area contributed by atoms with Gasteiger partial charge in [0.25, 0.3) is 11.8 Å². The Kier molecular flexibility index (Phi) is 9.38. The zero-order chi connectivity index (χ0) is 29.1. The lowest BCUT2D eigenvalue weighted by Gasteiger charge is -2.33. The normalized spacial score (nSPS) is 18.5. The molecule has 1 fully saturated rings. The third kappa shape index (κ3) is 7.33. The first-order chi connectivity index (χ1) is 18.1. The molecule has 0 spiro atoms.